The van der Waals surface area contributed by atoms with Gasteiger partial charge in [0, 0.05) is 0 Å². The van der Waals surface area contributed by atoms with Gasteiger partial charge in [0.1, 0.15) is 0 Å². The molecular weight excluding hydrogens is 319 g/mol. The van der Waals surface area contributed by atoms with Crippen LogP contribution in [0.2, 0.25) is 0 Å². The number of sulfone groups is 1. The van der Waals surface area contributed by atoms with Gasteiger partial charge in [-0.05, 0) is 35.6 Å². The summed E-state index contributed by atoms with van der Waals surface area (Å²) < 4.78 is 55.7. The Hall–Kier alpha value is -1.27. The Labute approximate surface area is 119 Å². The van der Waals surface area contributed by atoms with Crippen molar-refractivity contribution in [3.8, 4) is 0 Å². The number of benzene rings is 2. The molecule has 20 heavy (non-hydrogen) atoms. The molecule has 2 aromatic rings. The maximum absolute atomic E-state index is 12.3. The van der Waals surface area contributed by atoms with Crippen LogP contribution < -0.4 is 5.30 Å². The third-order valence-corrected chi connectivity index (χ3v) is 5.61. The summed E-state index contributed by atoms with van der Waals surface area (Å²) in [5.41, 5.74) is 0. The molecule has 0 bridgehead atoms. The summed E-state index contributed by atoms with van der Waals surface area (Å²) in [6.07, 6.45) is 0. The third-order valence-electron chi connectivity index (χ3n) is 2.60. The predicted molar refractivity (Wildman–Crippen MR) is 77.5 cm³/mol. The number of hydrogen-bond donors (Lipinski definition) is 1. The van der Waals surface area contributed by atoms with Gasteiger partial charge in [0.15, 0.2) is 0 Å². The maximum Gasteiger partial charge on any atom is 0.294 e. The minimum Gasteiger partial charge on any atom is -0.282 e. The fourth-order valence-corrected chi connectivity index (χ4v) is 3.68. The van der Waals surface area contributed by atoms with Gasteiger partial charge in [0.2, 0.25) is 9.84 Å². The van der Waals surface area contributed by atoms with E-state index in [4.69, 9.17) is 4.55 Å². The molecule has 0 aliphatic carbocycles. The molecule has 0 fully saturated rings. The highest BCUT2D eigenvalue weighted by Crippen LogP contribution is 2.22. The molecule has 0 aliphatic heterocycles. The highest BCUT2D eigenvalue weighted by molar-refractivity contribution is 7.91. The van der Waals surface area contributed by atoms with Crippen LogP contribution in [0.5, 0.6) is 0 Å². The molecule has 2 aromatic carbocycles. The average molecular weight is 330 g/mol. The Morgan fingerprint density at radius 2 is 1.35 bits per heavy atom. The van der Waals surface area contributed by atoms with Gasteiger partial charge in [-0.15, -0.1) is 9.24 Å². The van der Waals surface area contributed by atoms with Crippen LogP contribution in [0.25, 0.3) is 0 Å². The topological polar surface area (TPSA) is 88.5 Å². The molecule has 0 saturated heterocycles. The van der Waals surface area contributed by atoms with Crippen LogP contribution in [0.15, 0.2) is 63.2 Å². The summed E-state index contributed by atoms with van der Waals surface area (Å²) in [5, 5.41) is 0.829. The van der Waals surface area contributed by atoms with Crippen molar-refractivity contribution in [1.82, 2.24) is 0 Å². The van der Waals surface area contributed by atoms with Crippen LogP contribution in [0.4, 0.5) is 0 Å². The van der Waals surface area contributed by atoms with E-state index in [0.717, 1.165) is 17.4 Å². The van der Waals surface area contributed by atoms with Gasteiger partial charge >= 0.3 is 0 Å². The molecule has 1 atom stereocenters. The second-order valence-corrected chi connectivity index (χ2v) is 8.06. The van der Waals surface area contributed by atoms with Crippen LogP contribution in [0, 0.1) is 0 Å². The lowest BCUT2D eigenvalue weighted by molar-refractivity contribution is 0.483. The fourth-order valence-electron chi connectivity index (χ4n) is 1.58. The number of rotatable bonds is 3. The molecular formula is C12H11O5PS2. The molecule has 1 unspecified atom stereocenters. The highest BCUT2D eigenvalue weighted by Gasteiger charge is 2.20. The first-order valence-corrected chi connectivity index (χ1v) is 8.89. The van der Waals surface area contributed by atoms with E-state index in [0.29, 0.717) is 0 Å². The van der Waals surface area contributed by atoms with Crippen LogP contribution >= 0.6 is 9.24 Å². The zero-order chi connectivity index (χ0) is 15.0. The summed E-state index contributed by atoms with van der Waals surface area (Å²) in [7, 11) is -5.83. The first-order chi connectivity index (χ1) is 9.21. The summed E-state index contributed by atoms with van der Waals surface area (Å²) in [6.45, 7) is 0. The van der Waals surface area contributed by atoms with Gasteiger partial charge in [-0.3, -0.25) is 4.55 Å². The SMILES string of the molecule is O=S(=O)(O)c1cccc(S(=O)(=O)c2ccc(P)cc2)c1. The van der Waals surface area contributed by atoms with Crippen LogP contribution in [0.1, 0.15) is 0 Å². The van der Waals surface area contributed by atoms with Crippen molar-refractivity contribution in [3.05, 3.63) is 48.5 Å². The Morgan fingerprint density at radius 3 is 1.90 bits per heavy atom. The fraction of sp³-hybridized carbons (Fsp3) is 0. The molecule has 0 aliphatic rings. The van der Waals surface area contributed by atoms with E-state index in [2.05, 4.69) is 9.24 Å². The van der Waals surface area contributed by atoms with Crippen molar-refractivity contribution in [2.75, 3.05) is 0 Å². The first kappa shape index (κ1) is 15.1. The lowest BCUT2D eigenvalue weighted by Crippen LogP contribution is -2.05. The van der Waals surface area contributed by atoms with Crippen LogP contribution in [-0.2, 0) is 20.0 Å². The second kappa shape index (κ2) is 5.26. The quantitative estimate of drug-likeness (QED) is 0.676. The van der Waals surface area contributed by atoms with E-state index in [1.165, 1.54) is 24.3 Å². The number of hydrogen-bond acceptors (Lipinski definition) is 4. The zero-order valence-corrected chi connectivity index (χ0v) is 12.9. The van der Waals surface area contributed by atoms with Crippen molar-refractivity contribution in [2.24, 2.45) is 0 Å². The lowest BCUT2D eigenvalue weighted by atomic mass is 10.4. The standard InChI is InChI=1S/C12H11O5PS2/c13-19(14,10-6-4-9(18)5-7-10)11-2-1-3-12(8-11)20(15,16)17/h1-8H,18H2,(H,15,16,17). The molecule has 1 N–H and O–H groups in total. The van der Waals surface area contributed by atoms with Gasteiger partial charge in [0.05, 0.1) is 14.7 Å². The van der Waals surface area contributed by atoms with Gasteiger partial charge in [-0.2, -0.15) is 8.42 Å². The largest absolute Gasteiger partial charge is 0.294 e. The van der Waals surface area contributed by atoms with E-state index in [1.807, 2.05) is 0 Å². The molecule has 0 aromatic heterocycles. The Morgan fingerprint density at radius 1 is 0.800 bits per heavy atom. The predicted octanol–water partition coefficient (Wildman–Crippen LogP) is 1.27. The summed E-state index contributed by atoms with van der Waals surface area (Å²) in [5.74, 6) is 0. The minimum atomic E-state index is -4.44. The first-order valence-electron chi connectivity index (χ1n) is 5.39. The summed E-state index contributed by atoms with van der Waals surface area (Å²) in [6, 6.07) is 10.7. The van der Waals surface area contributed by atoms with Crippen molar-refractivity contribution in [3.63, 3.8) is 0 Å². The van der Waals surface area contributed by atoms with E-state index in [1.54, 1.807) is 12.1 Å². The molecule has 0 heterocycles. The maximum atomic E-state index is 12.3. The normalized spacial score (nSPS) is 12.3. The molecule has 106 valence electrons. The van der Waals surface area contributed by atoms with Gasteiger partial charge in [-0.1, -0.05) is 18.2 Å². The molecule has 8 heteroatoms. The van der Waals surface area contributed by atoms with Crippen molar-refractivity contribution in [1.29, 1.82) is 0 Å². The molecule has 2 rings (SSSR count). The molecule has 5 nitrogen and oxygen atoms in total. The Kier molecular flexibility index (Phi) is 3.97. The van der Waals surface area contributed by atoms with Crippen LogP contribution in [-0.4, -0.2) is 21.4 Å². The van der Waals surface area contributed by atoms with Crippen molar-refractivity contribution in [2.45, 2.75) is 14.7 Å². The van der Waals surface area contributed by atoms with E-state index >= 15 is 0 Å². The third kappa shape index (κ3) is 3.07. The van der Waals surface area contributed by atoms with Gasteiger partial charge in [0.25, 0.3) is 10.1 Å². The van der Waals surface area contributed by atoms with Crippen molar-refractivity contribution >= 4 is 34.5 Å². The average Bonchev–Trinajstić information content (AvgIpc) is 2.38. The smallest absolute Gasteiger partial charge is 0.282 e. The van der Waals surface area contributed by atoms with E-state index in [9.17, 15) is 16.8 Å². The Bertz CT molecular complexity index is 840. The molecule has 0 spiro atoms. The van der Waals surface area contributed by atoms with E-state index < -0.39 is 24.9 Å². The molecule has 0 amide bonds. The molecule has 0 radical (unpaired) electrons. The Balaban J connectivity index is 2.58. The van der Waals surface area contributed by atoms with Gasteiger partial charge in [-0.25, -0.2) is 8.42 Å². The highest BCUT2D eigenvalue weighted by atomic mass is 32.2. The summed E-state index contributed by atoms with van der Waals surface area (Å²) >= 11 is 0. The zero-order valence-electron chi connectivity index (χ0n) is 10.1. The summed E-state index contributed by atoms with van der Waals surface area (Å²) in [4.78, 5) is -0.596. The van der Waals surface area contributed by atoms with Gasteiger partial charge < -0.3 is 0 Å². The lowest BCUT2D eigenvalue weighted by Gasteiger charge is -2.06. The minimum absolute atomic E-state index is 0.0520. The monoisotopic (exact) mass is 330 g/mol. The second-order valence-electron chi connectivity index (χ2n) is 4.02. The van der Waals surface area contributed by atoms with Crippen LogP contribution in [0.3, 0.4) is 0 Å². The molecule has 0 saturated carbocycles. The van der Waals surface area contributed by atoms with E-state index in [-0.39, 0.29) is 9.79 Å². The van der Waals surface area contributed by atoms with Crippen molar-refractivity contribution < 1.29 is 21.4 Å².